The number of methoxy groups -OCH3 is 1. The van der Waals surface area contributed by atoms with Crippen LogP contribution in [0.1, 0.15) is 17.3 Å². The van der Waals surface area contributed by atoms with Crippen molar-refractivity contribution in [1.29, 1.82) is 0 Å². The molecule has 4 aromatic rings. The highest BCUT2D eigenvalue weighted by Crippen LogP contribution is 2.23. The third kappa shape index (κ3) is 4.12. The number of carbonyl (C=O) groups excluding carboxylic acids is 2. The van der Waals surface area contributed by atoms with E-state index in [2.05, 4.69) is 15.3 Å². The molecule has 0 saturated carbocycles. The molecule has 148 valence electrons. The zero-order valence-electron chi connectivity index (χ0n) is 15.8. The largest absolute Gasteiger partial charge is 0.383 e. The Balaban J connectivity index is 1.78. The van der Waals surface area contributed by atoms with Crippen molar-refractivity contribution in [2.45, 2.75) is 13.5 Å². The second kappa shape index (κ2) is 8.24. The van der Waals surface area contributed by atoms with Crippen LogP contribution in [0.3, 0.4) is 0 Å². The van der Waals surface area contributed by atoms with Crippen LogP contribution in [0.15, 0.2) is 46.9 Å². The Kier molecular flexibility index (Phi) is 5.52. The molecule has 0 bridgehead atoms. The minimum absolute atomic E-state index is 0.133. The van der Waals surface area contributed by atoms with Gasteiger partial charge in [0.1, 0.15) is 0 Å². The fourth-order valence-corrected chi connectivity index (χ4v) is 4.79. The molecule has 1 N–H and O–H groups in total. The Hall–Kier alpha value is -2.88. The van der Waals surface area contributed by atoms with Gasteiger partial charge < -0.3 is 14.6 Å². The maximum absolute atomic E-state index is 12.8. The molecule has 0 aliphatic rings. The number of nitrogens with one attached hydrogen (secondary N) is 1. The number of fused-ring (bicyclic) bond motifs is 2. The lowest BCUT2D eigenvalue weighted by Crippen LogP contribution is -2.19. The van der Waals surface area contributed by atoms with Gasteiger partial charge in [0.2, 0.25) is 5.91 Å². The summed E-state index contributed by atoms with van der Waals surface area (Å²) in [5.41, 5.74) is 4.79. The first kappa shape index (κ1) is 19.4. The number of amides is 2. The van der Waals surface area contributed by atoms with Gasteiger partial charge in [-0.25, -0.2) is 4.98 Å². The zero-order valence-corrected chi connectivity index (χ0v) is 17.5. The molecule has 2 aromatic heterocycles. The molecule has 29 heavy (non-hydrogen) atoms. The first-order valence-corrected chi connectivity index (χ1v) is 10.6. The van der Waals surface area contributed by atoms with Gasteiger partial charge in [-0.1, -0.05) is 11.3 Å². The van der Waals surface area contributed by atoms with E-state index in [4.69, 9.17) is 4.74 Å². The molecule has 0 aliphatic heterocycles. The molecule has 0 fully saturated rings. The topological polar surface area (TPSA) is 85.6 Å². The first-order chi connectivity index (χ1) is 14.0. The Morgan fingerprint density at radius 2 is 2.07 bits per heavy atom. The minimum atomic E-state index is -0.305. The van der Waals surface area contributed by atoms with Gasteiger partial charge >= 0.3 is 0 Å². The second-order valence-electron chi connectivity index (χ2n) is 6.34. The average molecular weight is 427 g/mol. The van der Waals surface area contributed by atoms with Crippen LogP contribution in [0.4, 0.5) is 5.69 Å². The number of benzene rings is 2. The summed E-state index contributed by atoms with van der Waals surface area (Å²) in [6.45, 7) is 2.53. The molecule has 0 atom stereocenters. The van der Waals surface area contributed by atoms with Crippen molar-refractivity contribution < 1.29 is 14.3 Å². The van der Waals surface area contributed by atoms with Crippen molar-refractivity contribution in [3.05, 3.63) is 52.3 Å². The summed E-state index contributed by atoms with van der Waals surface area (Å²) in [5, 5.41) is 2.78. The summed E-state index contributed by atoms with van der Waals surface area (Å²) in [7, 11) is 1.64. The van der Waals surface area contributed by atoms with Crippen LogP contribution in [0, 0.1) is 0 Å². The summed E-state index contributed by atoms with van der Waals surface area (Å²) in [4.78, 5) is 33.4. The van der Waals surface area contributed by atoms with Gasteiger partial charge in [-0.05, 0) is 36.4 Å². The Labute approximate surface area is 174 Å². The average Bonchev–Trinajstić information content (AvgIpc) is 3.29. The lowest BCUT2D eigenvalue weighted by Gasteiger charge is -2.05. The van der Waals surface area contributed by atoms with E-state index < -0.39 is 0 Å². The summed E-state index contributed by atoms with van der Waals surface area (Å²) in [6, 6.07) is 11.0. The maximum atomic E-state index is 12.8. The lowest BCUT2D eigenvalue weighted by molar-refractivity contribution is -0.114. The molecule has 2 aromatic carbocycles. The van der Waals surface area contributed by atoms with Gasteiger partial charge in [-0.2, -0.15) is 4.99 Å². The number of hydrogen-bond donors (Lipinski definition) is 1. The third-order valence-electron chi connectivity index (χ3n) is 4.30. The first-order valence-electron chi connectivity index (χ1n) is 8.87. The maximum Gasteiger partial charge on any atom is 0.279 e. The van der Waals surface area contributed by atoms with E-state index in [1.807, 2.05) is 34.9 Å². The second-order valence-corrected chi connectivity index (χ2v) is 8.24. The van der Waals surface area contributed by atoms with E-state index in [1.54, 1.807) is 18.7 Å². The number of hydrogen-bond acceptors (Lipinski definition) is 6. The number of aromatic nitrogens is 2. The fraction of sp³-hybridized carbons (Fsp3) is 0.200. The Morgan fingerprint density at radius 1 is 1.21 bits per heavy atom. The summed E-state index contributed by atoms with van der Waals surface area (Å²) in [6.07, 6.45) is 0. The zero-order chi connectivity index (χ0) is 20.4. The van der Waals surface area contributed by atoms with Crippen LogP contribution in [-0.4, -0.2) is 35.1 Å². The van der Waals surface area contributed by atoms with Gasteiger partial charge in [0, 0.05) is 31.8 Å². The number of ether oxygens (including phenoxy) is 1. The minimum Gasteiger partial charge on any atom is -0.383 e. The molecule has 0 unspecified atom stereocenters. The van der Waals surface area contributed by atoms with Crippen molar-refractivity contribution in [3.8, 4) is 0 Å². The summed E-state index contributed by atoms with van der Waals surface area (Å²) >= 11 is 2.89. The van der Waals surface area contributed by atoms with Crippen molar-refractivity contribution in [2.75, 3.05) is 19.0 Å². The predicted octanol–water partition coefficient (Wildman–Crippen LogP) is 3.66. The van der Waals surface area contributed by atoms with E-state index in [0.717, 1.165) is 20.4 Å². The smallest absolute Gasteiger partial charge is 0.279 e. The number of anilines is 1. The van der Waals surface area contributed by atoms with E-state index in [-0.39, 0.29) is 11.8 Å². The highest BCUT2D eigenvalue weighted by molar-refractivity contribution is 7.17. The molecule has 7 nitrogen and oxygen atoms in total. The van der Waals surface area contributed by atoms with E-state index >= 15 is 0 Å². The lowest BCUT2D eigenvalue weighted by atomic mass is 10.2. The molecule has 4 rings (SSSR count). The van der Waals surface area contributed by atoms with Gasteiger partial charge in [0.15, 0.2) is 4.80 Å². The molecule has 0 radical (unpaired) electrons. The Morgan fingerprint density at radius 3 is 2.86 bits per heavy atom. The van der Waals surface area contributed by atoms with Crippen molar-refractivity contribution >= 4 is 60.6 Å². The summed E-state index contributed by atoms with van der Waals surface area (Å²) < 4.78 is 9.06. The Bertz CT molecular complexity index is 1290. The quantitative estimate of drug-likeness (QED) is 0.528. The SMILES string of the molecule is COCCn1c(=NC(=O)c2ccc3ncsc3c2)sc2cc(NC(C)=O)ccc21. The molecule has 0 saturated heterocycles. The number of nitrogens with zero attached hydrogens (tertiary/aromatic N) is 3. The van der Waals surface area contributed by atoms with Gasteiger partial charge in [0.25, 0.3) is 5.91 Å². The monoisotopic (exact) mass is 426 g/mol. The van der Waals surface area contributed by atoms with Crippen LogP contribution in [0.25, 0.3) is 20.4 Å². The van der Waals surface area contributed by atoms with E-state index in [1.165, 1.54) is 29.6 Å². The fourth-order valence-electron chi connectivity index (χ4n) is 2.98. The number of rotatable bonds is 5. The predicted molar refractivity (Wildman–Crippen MR) is 116 cm³/mol. The van der Waals surface area contributed by atoms with Crippen LogP contribution < -0.4 is 10.1 Å². The van der Waals surface area contributed by atoms with Gasteiger partial charge in [-0.3, -0.25) is 9.59 Å². The molecule has 2 amide bonds. The van der Waals surface area contributed by atoms with E-state index in [0.29, 0.717) is 29.2 Å². The highest BCUT2D eigenvalue weighted by Gasteiger charge is 2.11. The molecular weight excluding hydrogens is 408 g/mol. The normalized spacial score (nSPS) is 12.0. The molecule has 9 heteroatoms. The summed E-state index contributed by atoms with van der Waals surface area (Å²) in [5.74, 6) is -0.438. The number of thiazole rings is 2. The number of carbonyl (C=O) groups is 2. The van der Waals surface area contributed by atoms with Crippen LogP contribution in [0.5, 0.6) is 0 Å². The molecule has 2 heterocycles. The van der Waals surface area contributed by atoms with Crippen molar-refractivity contribution in [2.24, 2.45) is 4.99 Å². The standard InChI is InChI=1S/C20H18N4O3S2/c1-12(25)22-14-4-6-16-18(10-14)29-20(24(16)7-8-27-2)23-19(26)13-3-5-15-17(9-13)28-11-21-15/h3-6,9-11H,7-8H2,1-2H3,(H,22,25). The van der Waals surface area contributed by atoms with Crippen molar-refractivity contribution in [1.82, 2.24) is 9.55 Å². The van der Waals surface area contributed by atoms with E-state index in [9.17, 15) is 9.59 Å². The van der Waals surface area contributed by atoms with Crippen LogP contribution >= 0.6 is 22.7 Å². The van der Waals surface area contributed by atoms with Gasteiger partial charge in [0.05, 0.1) is 32.6 Å². The molecular formula is C20H18N4O3S2. The molecule has 0 aliphatic carbocycles. The van der Waals surface area contributed by atoms with Crippen LogP contribution in [0.2, 0.25) is 0 Å². The third-order valence-corrected chi connectivity index (χ3v) is 6.13. The highest BCUT2D eigenvalue weighted by atomic mass is 32.1. The molecule has 0 spiro atoms. The van der Waals surface area contributed by atoms with Gasteiger partial charge in [-0.15, -0.1) is 11.3 Å². The van der Waals surface area contributed by atoms with Crippen molar-refractivity contribution in [3.63, 3.8) is 0 Å². The van der Waals surface area contributed by atoms with Crippen LogP contribution in [-0.2, 0) is 16.1 Å².